The molecule has 0 saturated heterocycles. The quantitative estimate of drug-likeness (QED) is 0.778. The summed E-state index contributed by atoms with van der Waals surface area (Å²) in [6.07, 6.45) is 2.14. The SMILES string of the molecule is COCC(C)CCC(N)c1ccccc1. The monoisotopic (exact) mass is 207 g/mol. The second-order valence-electron chi connectivity index (χ2n) is 4.16. The summed E-state index contributed by atoms with van der Waals surface area (Å²) >= 11 is 0. The fourth-order valence-electron chi connectivity index (χ4n) is 1.70. The predicted octanol–water partition coefficient (Wildman–Crippen LogP) is 2.75. The van der Waals surface area contributed by atoms with Crippen LogP contribution in [-0.2, 0) is 4.74 Å². The van der Waals surface area contributed by atoms with E-state index in [1.54, 1.807) is 7.11 Å². The van der Waals surface area contributed by atoms with Crippen molar-refractivity contribution in [1.29, 1.82) is 0 Å². The number of rotatable bonds is 6. The Morgan fingerprint density at radius 2 is 1.87 bits per heavy atom. The van der Waals surface area contributed by atoms with Crippen LogP contribution in [0.5, 0.6) is 0 Å². The van der Waals surface area contributed by atoms with Crippen LogP contribution in [0.4, 0.5) is 0 Å². The van der Waals surface area contributed by atoms with Crippen LogP contribution < -0.4 is 5.73 Å². The van der Waals surface area contributed by atoms with E-state index in [1.807, 2.05) is 18.2 Å². The van der Waals surface area contributed by atoms with Gasteiger partial charge >= 0.3 is 0 Å². The Morgan fingerprint density at radius 3 is 2.47 bits per heavy atom. The molecule has 0 aliphatic rings. The van der Waals surface area contributed by atoms with Crippen LogP contribution in [0.25, 0.3) is 0 Å². The normalized spacial score (nSPS) is 14.9. The highest BCUT2D eigenvalue weighted by molar-refractivity contribution is 5.18. The van der Waals surface area contributed by atoms with Crippen molar-refractivity contribution in [3.8, 4) is 0 Å². The van der Waals surface area contributed by atoms with E-state index in [2.05, 4.69) is 19.1 Å². The molecule has 0 fully saturated rings. The Balaban J connectivity index is 2.33. The number of nitrogens with two attached hydrogens (primary N) is 1. The van der Waals surface area contributed by atoms with Crippen LogP contribution in [-0.4, -0.2) is 13.7 Å². The lowest BCUT2D eigenvalue weighted by Gasteiger charge is -2.15. The summed E-state index contributed by atoms with van der Waals surface area (Å²) in [5.74, 6) is 0.588. The van der Waals surface area contributed by atoms with Gasteiger partial charge < -0.3 is 10.5 Å². The first-order chi connectivity index (χ1) is 7.24. The van der Waals surface area contributed by atoms with E-state index in [0.717, 1.165) is 19.4 Å². The molecule has 0 radical (unpaired) electrons. The topological polar surface area (TPSA) is 35.2 Å². The Labute approximate surface area is 92.4 Å². The maximum atomic E-state index is 6.10. The lowest BCUT2D eigenvalue weighted by molar-refractivity contribution is 0.153. The second kappa shape index (κ2) is 6.59. The van der Waals surface area contributed by atoms with Crippen LogP contribution in [0.1, 0.15) is 31.4 Å². The molecular formula is C13H21NO. The van der Waals surface area contributed by atoms with Crippen molar-refractivity contribution in [2.75, 3.05) is 13.7 Å². The fraction of sp³-hybridized carbons (Fsp3) is 0.538. The lowest BCUT2D eigenvalue weighted by Crippen LogP contribution is -2.13. The minimum absolute atomic E-state index is 0.158. The van der Waals surface area contributed by atoms with Gasteiger partial charge in [-0.05, 0) is 24.3 Å². The number of hydrogen-bond donors (Lipinski definition) is 1. The molecule has 0 aliphatic heterocycles. The minimum Gasteiger partial charge on any atom is -0.384 e. The molecule has 0 aliphatic carbocycles. The van der Waals surface area contributed by atoms with Gasteiger partial charge in [-0.2, -0.15) is 0 Å². The predicted molar refractivity (Wildman–Crippen MR) is 63.6 cm³/mol. The van der Waals surface area contributed by atoms with Crippen molar-refractivity contribution in [2.45, 2.75) is 25.8 Å². The Kier molecular flexibility index (Phi) is 5.37. The molecule has 1 aromatic carbocycles. The van der Waals surface area contributed by atoms with E-state index in [0.29, 0.717) is 5.92 Å². The summed E-state index contributed by atoms with van der Waals surface area (Å²) in [4.78, 5) is 0. The zero-order valence-electron chi connectivity index (χ0n) is 9.65. The molecule has 0 amide bonds. The smallest absolute Gasteiger partial charge is 0.0487 e. The Bertz CT molecular complexity index is 260. The average Bonchev–Trinajstić information content (AvgIpc) is 2.27. The lowest BCUT2D eigenvalue weighted by atomic mass is 9.98. The van der Waals surface area contributed by atoms with Crippen LogP contribution in [0, 0.1) is 5.92 Å². The van der Waals surface area contributed by atoms with Crippen LogP contribution in [0.2, 0.25) is 0 Å². The first kappa shape index (κ1) is 12.2. The third-order valence-electron chi connectivity index (χ3n) is 2.65. The first-order valence-corrected chi connectivity index (χ1v) is 5.53. The van der Waals surface area contributed by atoms with E-state index in [-0.39, 0.29) is 6.04 Å². The third-order valence-corrected chi connectivity index (χ3v) is 2.65. The van der Waals surface area contributed by atoms with Crippen molar-refractivity contribution in [1.82, 2.24) is 0 Å². The molecular weight excluding hydrogens is 186 g/mol. The molecule has 1 rings (SSSR count). The van der Waals surface area contributed by atoms with E-state index in [1.165, 1.54) is 5.56 Å². The Hall–Kier alpha value is -0.860. The van der Waals surface area contributed by atoms with E-state index in [4.69, 9.17) is 10.5 Å². The average molecular weight is 207 g/mol. The van der Waals surface area contributed by atoms with Gasteiger partial charge in [0.15, 0.2) is 0 Å². The molecule has 1 aromatic rings. The summed E-state index contributed by atoms with van der Waals surface area (Å²) in [6, 6.07) is 10.4. The van der Waals surface area contributed by atoms with Gasteiger partial charge in [-0.25, -0.2) is 0 Å². The number of ether oxygens (including phenoxy) is 1. The van der Waals surface area contributed by atoms with Crippen LogP contribution >= 0.6 is 0 Å². The van der Waals surface area contributed by atoms with Crippen molar-refractivity contribution >= 4 is 0 Å². The fourth-order valence-corrected chi connectivity index (χ4v) is 1.70. The summed E-state index contributed by atoms with van der Waals surface area (Å²) in [5, 5.41) is 0. The second-order valence-corrected chi connectivity index (χ2v) is 4.16. The molecule has 2 unspecified atom stereocenters. The minimum atomic E-state index is 0.158. The van der Waals surface area contributed by atoms with Crippen LogP contribution in [0.15, 0.2) is 30.3 Å². The van der Waals surface area contributed by atoms with Crippen molar-refractivity contribution < 1.29 is 4.74 Å². The van der Waals surface area contributed by atoms with Crippen molar-refractivity contribution in [3.63, 3.8) is 0 Å². The van der Waals surface area contributed by atoms with Gasteiger partial charge in [-0.3, -0.25) is 0 Å². The number of methoxy groups -OCH3 is 1. The zero-order valence-corrected chi connectivity index (χ0v) is 9.65. The highest BCUT2D eigenvalue weighted by atomic mass is 16.5. The molecule has 84 valence electrons. The van der Waals surface area contributed by atoms with Gasteiger partial charge in [-0.1, -0.05) is 37.3 Å². The van der Waals surface area contributed by atoms with Gasteiger partial charge in [0.2, 0.25) is 0 Å². The molecule has 15 heavy (non-hydrogen) atoms. The van der Waals surface area contributed by atoms with Gasteiger partial charge in [-0.15, -0.1) is 0 Å². The highest BCUT2D eigenvalue weighted by Crippen LogP contribution is 2.18. The molecule has 0 spiro atoms. The third kappa shape index (κ3) is 4.45. The van der Waals surface area contributed by atoms with E-state index in [9.17, 15) is 0 Å². The number of hydrogen-bond acceptors (Lipinski definition) is 2. The molecule has 0 heterocycles. The number of benzene rings is 1. The Morgan fingerprint density at radius 1 is 1.20 bits per heavy atom. The van der Waals surface area contributed by atoms with Gasteiger partial charge in [0, 0.05) is 19.8 Å². The van der Waals surface area contributed by atoms with Gasteiger partial charge in [0.25, 0.3) is 0 Å². The maximum absolute atomic E-state index is 6.10. The summed E-state index contributed by atoms with van der Waals surface area (Å²) in [7, 11) is 1.74. The maximum Gasteiger partial charge on any atom is 0.0487 e. The van der Waals surface area contributed by atoms with Crippen molar-refractivity contribution in [3.05, 3.63) is 35.9 Å². The zero-order chi connectivity index (χ0) is 11.1. The van der Waals surface area contributed by atoms with Gasteiger partial charge in [0.05, 0.1) is 0 Å². The van der Waals surface area contributed by atoms with Crippen molar-refractivity contribution in [2.24, 2.45) is 11.7 Å². The molecule has 0 saturated carbocycles. The highest BCUT2D eigenvalue weighted by Gasteiger charge is 2.08. The molecule has 0 bridgehead atoms. The van der Waals surface area contributed by atoms with E-state index >= 15 is 0 Å². The molecule has 0 aromatic heterocycles. The largest absolute Gasteiger partial charge is 0.384 e. The molecule has 2 atom stereocenters. The standard InChI is InChI=1S/C13H21NO/c1-11(10-15-2)8-9-13(14)12-6-4-3-5-7-12/h3-7,11,13H,8-10,14H2,1-2H3. The molecule has 2 heteroatoms. The molecule has 2 nitrogen and oxygen atoms in total. The summed E-state index contributed by atoms with van der Waals surface area (Å²) < 4.78 is 5.10. The first-order valence-electron chi connectivity index (χ1n) is 5.53. The van der Waals surface area contributed by atoms with E-state index < -0.39 is 0 Å². The molecule has 2 N–H and O–H groups in total. The van der Waals surface area contributed by atoms with Gasteiger partial charge in [0.1, 0.15) is 0 Å². The summed E-state index contributed by atoms with van der Waals surface area (Å²) in [5.41, 5.74) is 7.32. The summed E-state index contributed by atoms with van der Waals surface area (Å²) in [6.45, 7) is 3.02. The van der Waals surface area contributed by atoms with Crippen LogP contribution in [0.3, 0.4) is 0 Å².